The molecule has 1 fully saturated rings. The van der Waals surface area contributed by atoms with Gasteiger partial charge in [-0.2, -0.15) is 8.78 Å². The van der Waals surface area contributed by atoms with Gasteiger partial charge in [0.15, 0.2) is 34.8 Å². The lowest BCUT2D eigenvalue weighted by atomic mass is 9.75. The van der Waals surface area contributed by atoms with Crippen molar-refractivity contribution in [1.82, 2.24) is 0 Å². The molecule has 0 N–H and O–H groups in total. The molecule has 0 amide bonds. The van der Waals surface area contributed by atoms with Crippen LogP contribution in [-0.2, 0) is 0 Å². The molecule has 0 heterocycles. The quantitative estimate of drug-likeness (QED) is 0.119. The molecular formula is C34H36F6O2. The van der Waals surface area contributed by atoms with Crippen molar-refractivity contribution in [2.45, 2.75) is 77.0 Å². The zero-order valence-corrected chi connectivity index (χ0v) is 23.9. The van der Waals surface area contributed by atoms with E-state index in [1.54, 1.807) is 6.92 Å². The molecule has 1 aliphatic rings. The summed E-state index contributed by atoms with van der Waals surface area (Å²) < 4.78 is 98.7. The molecule has 0 atom stereocenters. The minimum Gasteiger partial charge on any atom is -0.491 e. The molecule has 0 radical (unpaired) electrons. The number of ether oxygens (including phenoxy) is 2. The minimum absolute atomic E-state index is 0.104. The van der Waals surface area contributed by atoms with Gasteiger partial charge in [-0.3, -0.25) is 0 Å². The van der Waals surface area contributed by atoms with E-state index in [0.717, 1.165) is 25.7 Å². The van der Waals surface area contributed by atoms with Crippen molar-refractivity contribution in [1.29, 1.82) is 0 Å². The van der Waals surface area contributed by atoms with Crippen molar-refractivity contribution in [2.75, 3.05) is 13.2 Å². The highest BCUT2D eigenvalue weighted by atomic mass is 19.2. The third-order valence-corrected chi connectivity index (χ3v) is 7.90. The molecule has 226 valence electrons. The summed E-state index contributed by atoms with van der Waals surface area (Å²) in [5, 5.41) is 0. The molecule has 4 rings (SSSR count). The van der Waals surface area contributed by atoms with Crippen LogP contribution in [0.15, 0.2) is 36.4 Å². The first kappa shape index (κ1) is 31.5. The Labute approximate surface area is 243 Å². The smallest absolute Gasteiger partial charge is 0.201 e. The molecule has 8 heteroatoms. The van der Waals surface area contributed by atoms with Gasteiger partial charge in [0, 0.05) is 11.1 Å². The molecular weight excluding hydrogens is 554 g/mol. The SMILES string of the molecule is CCCCCCOc1ccc(/C=C/c2ccc(C3CCC(c4ccc(OCC)c(F)c4F)CC3)c(F)c2F)c(F)c1F. The fraction of sp³-hybridized carbons (Fsp3) is 0.412. The first-order valence-corrected chi connectivity index (χ1v) is 14.6. The highest BCUT2D eigenvalue weighted by molar-refractivity contribution is 5.70. The van der Waals surface area contributed by atoms with Crippen molar-refractivity contribution in [3.05, 3.63) is 93.6 Å². The maximum atomic E-state index is 15.1. The van der Waals surface area contributed by atoms with Crippen molar-refractivity contribution < 1.29 is 35.8 Å². The van der Waals surface area contributed by atoms with Gasteiger partial charge in [-0.15, -0.1) is 0 Å². The Bertz CT molecular complexity index is 1400. The lowest BCUT2D eigenvalue weighted by molar-refractivity contribution is 0.285. The lowest BCUT2D eigenvalue weighted by Gasteiger charge is -2.30. The Kier molecular flexibility index (Phi) is 11.0. The molecule has 0 bridgehead atoms. The van der Waals surface area contributed by atoms with E-state index < -0.39 is 34.9 Å². The van der Waals surface area contributed by atoms with Crippen LogP contribution < -0.4 is 9.47 Å². The molecule has 0 saturated heterocycles. The van der Waals surface area contributed by atoms with E-state index >= 15 is 8.78 Å². The first-order valence-electron chi connectivity index (χ1n) is 14.6. The summed E-state index contributed by atoms with van der Waals surface area (Å²) in [6.45, 7) is 4.25. The topological polar surface area (TPSA) is 18.5 Å². The van der Waals surface area contributed by atoms with Gasteiger partial charge in [0.05, 0.1) is 13.2 Å². The van der Waals surface area contributed by atoms with Crippen LogP contribution in [0.5, 0.6) is 11.5 Å². The molecule has 0 aliphatic heterocycles. The highest BCUT2D eigenvalue weighted by Gasteiger charge is 2.29. The van der Waals surface area contributed by atoms with E-state index in [1.807, 2.05) is 0 Å². The van der Waals surface area contributed by atoms with E-state index in [0.29, 0.717) is 25.7 Å². The average Bonchev–Trinajstić information content (AvgIpc) is 2.99. The van der Waals surface area contributed by atoms with Gasteiger partial charge in [0.1, 0.15) is 0 Å². The summed E-state index contributed by atoms with van der Waals surface area (Å²) in [6.07, 6.45) is 8.08. The fourth-order valence-electron chi connectivity index (χ4n) is 5.55. The number of hydrogen-bond donors (Lipinski definition) is 0. The van der Waals surface area contributed by atoms with Crippen LogP contribution in [0.25, 0.3) is 12.2 Å². The Balaban J connectivity index is 1.41. The van der Waals surface area contributed by atoms with Gasteiger partial charge < -0.3 is 9.47 Å². The fourth-order valence-corrected chi connectivity index (χ4v) is 5.55. The summed E-state index contributed by atoms with van der Waals surface area (Å²) >= 11 is 0. The molecule has 3 aromatic carbocycles. The minimum atomic E-state index is -1.13. The van der Waals surface area contributed by atoms with E-state index in [4.69, 9.17) is 9.47 Å². The van der Waals surface area contributed by atoms with E-state index in [1.165, 1.54) is 48.6 Å². The molecule has 0 unspecified atom stereocenters. The van der Waals surface area contributed by atoms with Gasteiger partial charge in [-0.25, -0.2) is 17.6 Å². The predicted octanol–water partition coefficient (Wildman–Crippen LogP) is 10.5. The molecule has 2 nitrogen and oxygen atoms in total. The average molecular weight is 591 g/mol. The van der Waals surface area contributed by atoms with Crippen LogP contribution in [-0.4, -0.2) is 13.2 Å². The lowest BCUT2D eigenvalue weighted by Crippen LogP contribution is -2.15. The predicted molar refractivity (Wildman–Crippen MR) is 153 cm³/mol. The molecule has 42 heavy (non-hydrogen) atoms. The summed E-state index contributed by atoms with van der Waals surface area (Å²) in [4.78, 5) is 0. The Morgan fingerprint density at radius 2 is 1.05 bits per heavy atom. The van der Waals surface area contributed by atoms with Crippen LogP contribution in [0.1, 0.15) is 99.3 Å². The summed E-state index contributed by atoms with van der Waals surface area (Å²) in [7, 11) is 0. The standard InChI is InChI=1S/C34H36F6O2/c1-3-5-6-7-20-42-28-18-15-24(30(36)33(28)39)13-12-23-14-16-25(31(37)29(23)35)21-8-10-22(11-9-21)26-17-19-27(41-4-2)34(40)32(26)38/h12-19,21-22H,3-11,20H2,1-2H3/b13-12+. The number of halogens is 6. The Morgan fingerprint density at radius 3 is 1.64 bits per heavy atom. The van der Waals surface area contributed by atoms with Crippen molar-refractivity contribution in [2.24, 2.45) is 0 Å². The molecule has 1 aliphatic carbocycles. The summed E-state index contributed by atoms with van der Waals surface area (Å²) in [6, 6.07) is 8.49. The van der Waals surface area contributed by atoms with E-state index in [-0.39, 0.29) is 58.8 Å². The van der Waals surface area contributed by atoms with Gasteiger partial charge >= 0.3 is 0 Å². The van der Waals surface area contributed by atoms with Crippen LogP contribution in [0.4, 0.5) is 26.3 Å². The summed E-state index contributed by atoms with van der Waals surface area (Å²) in [5.74, 6) is -7.14. The Hall–Kier alpha value is -3.42. The highest BCUT2D eigenvalue weighted by Crippen LogP contribution is 2.43. The van der Waals surface area contributed by atoms with Gasteiger partial charge in [-0.05, 0) is 80.2 Å². The summed E-state index contributed by atoms with van der Waals surface area (Å²) in [5.41, 5.74) is 0.245. The molecule has 0 spiro atoms. The number of unbranched alkanes of at least 4 members (excludes halogenated alkanes) is 3. The second-order valence-corrected chi connectivity index (χ2v) is 10.7. The molecule has 3 aromatic rings. The van der Waals surface area contributed by atoms with Crippen LogP contribution >= 0.6 is 0 Å². The zero-order chi connectivity index (χ0) is 30.2. The van der Waals surface area contributed by atoms with Crippen LogP contribution in [0, 0.1) is 34.9 Å². The number of hydrogen-bond acceptors (Lipinski definition) is 2. The second-order valence-electron chi connectivity index (χ2n) is 10.7. The zero-order valence-electron chi connectivity index (χ0n) is 23.9. The Morgan fingerprint density at radius 1 is 0.571 bits per heavy atom. The monoisotopic (exact) mass is 590 g/mol. The van der Waals surface area contributed by atoms with Gasteiger partial charge in [-0.1, -0.05) is 56.5 Å². The number of benzene rings is 3. The molecule has 1 saturated carbocycles. The third-order valence-electron chi connectivity index (χ3n) is 7.90. The first-order chi connectivity index (χ1) is 20.3. The second kappa shape index (κ2) is 14.7. The normalized spacial score (nSPS) is 17.1. The molecule has 0 aromatic heterocycles. The van der Waals surface area contributed by atoms with Crippen LogP contribution in [0.3, 0.4) is 0 Å². The van der Waals surface area contributed by atoms with Crippen LogP contribution in [0.2, 0.25) is 0 Å². The third kappa shape index (κ3) is 7.13. The maximum absolute atomic E-state index is 15.1. The van der Waals surface area contributed by atoms with Crippen molar-refractivity contribution in [3.8, 4) is 11.5 Å². The number of rotatable bonds is 12. The largest absolute Gasteiger partial charge is 0.491 e. The van der Waals surface area contributed by atoms with E-state index in [9.17, 15) is 17.6 Å². The van der Waals surface area contributed by atoms with Gasteiger partial charge in [0.25, 0.3) is 0 Å². The maximum Gasteiger partial charge on any atom is 0.201 e. The van der Waals surface area contributed by atoms with Gasteiger partial charge in [0.2, 0.25) is 11.6 Å². The van der Waals surface area contributed by atoms with Crippen molar-refractivity contribution in [3.63, 3.8) is 0 Å². The van der Waals surface area contributed by atoms with E-state index in [2.05, 4.69) is 6.92 Å². The van der Waals surface area contributed by atoms with Crippen molar-refractivity contribution >= 4 is 12.2 Å².